The van der Waals surface area contributed by atoms with Crippen LogP contribution < -0.4 is 21.7 Å². The van der Waals surface area contributed by atoms with Crippen LogP contribution in [-0.2, 0) is 4.74 Å². The number of amides is 3. The number of ether oxygens (including phenoxy) is 1. The van der Waals surface area contributed by atoms with Crippen molar-refractivity contribution >= 4 is 39.8 Å². The number of nitrogen functional groups attached to an aromatic ring is 1. The second-order valence-electron chi connectivity index (χ2n) is 8.10. The molecule has 11 heteroatoms. The molecule has 10 nitrogen and oxygen atoms in total. The van der Waals surface area contributed by atoms with Crippen molar-refractivity contribution in [1.82, 2.24) is 20.2 Å². The number of thiazole rings is 1. The van der Waals surface area contributed by atoms with Gasteiger partial charge in [0.25, 0.3) is 5.91 Å². The van der Waals surface area contributed by atoms with E-state index in [1.54, 1.807) is 48.1 Å². The van der Waals surface area contributed by atoms with E-state index in [0.717, 1.165) is 51.3 Å². The molecule has 0 aliphatic carbocycles. The summed E-state index contributed by atoms with van der Waals surface area (Å²) in [5.74, 6) is -0.354. The number of aromatic nitrogens is 2. The highest BCUT2D eigenvalue weighted by Crippen LogP contribution is 2.21. The van der Waals surface area contributed by atoms with Gasteiger partial charge in [-0.2, -0.15) is 0 Å². The van der Waals surface area contributed by atoms with Crippen LogP contribution in [0.25, 0.3) is 0 Å². The first kappa shape index (κ1) is 24.6. The van der Waals surface area contributed by atoms with Gasteiger partial charge in [-0.05, 0) is 43.1 Å². The van der Waals surface area contributed by atoms with Crippen molar-refractivity contribution in [2.24, 2.45) is 0 Å². The van der Waals surface area contributed by atoms with Crippen LogP contribution in [0.2, 0.25) is 0 Å². The molecule has 1 aromatic carbocycles. The summed E-state index contributed by atoms with van der Waals surface area (Å²) in [4.78, 5) is 36.0. The monoisotopic (exact) mass is 495 g/mol. The van der Waals surface area contributed by atoms with Crippen LogP contribution in [0.15, 0.2) is 54.2 Å². The first-order valence-electron chi connectivity index (χ1n) is 11.5. The van der Waals surface area contributed by atoms with E-state index in [0.29, 0.717) is 16.5 Å². The van der Waals surface area contributed by atoms with Gasteiger partial charge in [-0.15, -0.1) is 11.3 Å². The lowest BCUT2D eigenvalue weighted by Gasteiger charge is -2.27. The number of carbonyl (C=O) groups excluding carboxylic acids is 2. The lowest BCUT2D eigenvalue weighted by molar-refractivity contribution is 0.0369. The normalized spacial score (nSPS) is 14.7. The number of nitrogens with one attached hydrogen (secondary N) is 3. The van der Waals surface area contributed by atoms with Crippen LogP contribution in [-0.4, -0.2) is 59.7 Å². The predicted octanol–water partition coefficient (Wildman–Crippen LogP) is 3.35. The van der Waals surface area contributed by atoms with E-state index in [-0.39, 0.29) is 23.7 Å². The van der Waals surface area contributed by atoms with E-state index in [1.807, 2.05) is 6.07 Å². The molecule has 1 fully saturated rings. The average molecular weight is 496 g/mol. The fraction of sp³-hybridized carbons (Fsp3) is 0.333. The Hall–Kier alpha value is -3.54. The molecule has 35 heavy (non-hydrogen) atoms. The van der Waals surface area contributed by atoms with Crippen LogP contribution in [0, 0.1) is 0 Å². The topological polar surface area (TPSA) is 134 Å². The maximum atomic E-state index is 12.6. The van der Waals surface area contributed by atoms with Gasteiger partial charge in [-0.1, -0.05) is 18.2 Å². The van der Waals surface area contributed by atoms with Crippen molar-refractivity contribution in [2.45, 2.75) is 18.9 Å². The van der Waals surface area contributed by atoms with Crippen LogP contribution in [0.4, 0.5) is 21.3 Å². The third-order valence-electron chi connectivity index (χ3n) is 5.66. The molecule has 0 saturated carbocycles. The number of anilines is 3. The number of pyridine rings is 1. The van der Waals surface area contributed by atoms with Crippen LogP contribution >= 0.6 is 11.3 Å². The maximum Gasteiger partial charge on any atom is 0.321 e. The lowest BCUT2D eigenvalue weighted by Crippen LogP contribution is -2.37. The van der Waals surface area contributed by atoms with E-state index >= 15 is 0 Å². The second kappa shape index (κ2) is 12.2. The number of hydrogen-bond donors (Lipinski definition) is 4. The molecule has 1 aliphatic heterocycles. The largest absolute Gasteiger partial charge is 0.397 e. The molecule has 1 saturated heterocycles. The Morgan fingerprint density at radius 2 is 1.94 bits per heavy atom. The van der Waals surface area contributed by atoms with Gasteiger partial charge in [-0.3, -0.25) is 20.0 Å². The summed E-state index contributed by atoms with van der Waals surface area (Å²) in [5.41, 5.74) is 8.00. The maximum absolute atomic E-state index is 12.6. The van der Waals surface area contributed by atoms with E-state index in [4.69, 9.17) is 10.5 Å². The Bertz CT molecular complexity index is 1100. The number of rotatable bonds is 9. The minimum atomic E-state index is -0.354. The molecule has 1 atom stereocenters. The number of carbonyl (C=O) groups is 2. The van der Waals surface area contributed by atoms with Crippen molar-refractivity contribution in [3.63, 3.8) is 0 Å². The van der Waals surface area contributed by atoms with Gasteiger partial charge in [-0.25, -0.2) is 9.78 Å². The van der Waals surface area contributed by atoms with Gasteiger partial charge in [0.15, 0.2) is 5.13 Å². The van der Waals surface area contributed by atoms with Gasteiger partial charge < -0.3 is 21.1 Å². The van der Waals surface area contributed by atoms with Crippen molar-refractivity contribution < 1.29 is 14.3 Å². The lowest BCUT2D eigenvalue weighted by atomic mass is 10.0. The zero-order valence-electron chi connectivity index (χ0n) is 19.3. The minimum absolute atomic E-state index is 0.260. The van der Waals surface area contributed by atoms with E-state index in [1.165, 1.54) is 11.3 Å². The highest BCUT2D eigenvalue weighted by molar-refractivity contribution is 7.13. The van der Waals surface area contributed by atoms with Crippen molar-refractivity contribution in [1.29, 1.82) is 0 Å². The van der Waals surface area contributed by atoms with Gasteiger partial charge in [0.05, 0.1) is 30.6 Å². The quantitative estimate of drug-likeness (QED) is 0.334. The van der Waals surface area contributed by atoms with E-state index in [9.17, 15) is 9.59 Å². The SMILES string of the molecule is Nc1ccccc1NC(=O)c1ccc(C(CCCN2CCOCC2)NC(=O)Nc2nccs2)cn1. The van der Waals surface area contributed by atoms with E-state index < -0.39 is 0 Å². The molecule has 3 amide bonds. The number of benzene rings is 1. The Morgan fingerprint density at radius 1 is 1.11 bits per heavy atom. The zero-order valence-corrected chi connectivity index (χ0v) is 20.1. The van der Waals surface area contributed by atoms with Gasteiger partial charge in [0.1, 0.15) is 5.69 Å². The Morgan fingerprint density at radius 3 is 2.66 bits per heavy atom. The summed E-state index contributed by atoms with van der Waals surface area (Å²) in [7, 11) is 0. The van der Waals surface area contributed by atoms with Gasteiger partial charge in [0.2, 0.25) is 0 Å². The van der Waals surface area contributed by atoms with Gasteiger partial charge >= 0.3 is 6.03 Å². The average Bonchev–Trinajstić information content (AvgIpc) is 3.38. The Balaban J connectivity index is 1.40. The Labute approximate surface area is 207 Å². The van der Waals surface area contributed by atoms with Crippen molar-refractivity contribution in [3.8, 4) is 0 Å². The summed E-state index contributed by atoms with van der Waals surface area (Å²) in [6, 6.07) is 9.91. The molecule has 0 spiro atoms. The third kappa shape index (κ3) is 7.22. The predicted molar refractivity (Wildman–Crippen MR) is 137 cm³/mol. The molecule has 2 aromatic heterocycles. The fourth-order valence-electron chi connectivity index (χ4n) is 3.79. The van der Waals surface area contributed by atoms with Crippen LogP contribution in [0.1, 0.15) is 34.9 Å². The van der Waals surface area contributed by atoms with E-state index in [2.05, 4.69) is 30.8 Å². The number of hydrogen-bond acceptors (Lipinski definition) is 8. The molecule has 0 bridgehead atoms. The molecule has 0 radical (unpaired) electrons. The number of para-hydroxylation sites is 2. The highest BCUT2D eigenvalue weighted by Gasteiger charge is 2.18. The number of nitrogens with two attached hydrogens (primary N) is 1. The van der Waals surface area contributed by atoms with Crippen molar-refractivity contribution in [2.75, 3.05) is 49.2 Å². The second-order valence-corrected chi connectivity index (χ2v) is 9.00. The molecule has 4 rings (SSSR count). The molecule has 5 N–H and O–H groups in total. The zero-order chi connectivity index (χ0) is 24.5. The summed E-state index contributed by atoms with van der Waals surface area (Å²) in [6.07, 6.45) is 4.87. The summed E-state index contributed by atoms with van der Waals surface area (Å²) < 4.78 is 5.41. The van der Waals surface area contributed by atoms with Crippen LogP contribution in [0.3, 0.4) is 0 Å². The molecular formula is C24H29N7O3S. The summed E-state index contributed by atoms with van der Waals surface area (Å²) >= 11 is 1.35. The molecule has 1 aliphatic rings. The molecule has 1 unspecified atom stereocenters. The van der Waals surface area contributed by atoms with Crippen molar-refractivity contribution in [3.05, 3.63) is 65.4 Å². The molecular weight excluding hydrogens is 466 g/mol. The van der Waals surface area contributed by atoms with Crippen LogP contribution in [0.5, 0.6) is 0 Å². The summed E-state index contributed by atoms with van der Waals surface area (Å²) in [5, 5.41) is 10.9. The summed E-state index contributed by atoms with van der Waals surface area (Å²) in [6.45, 7) is 4.25. The highest BCUT2D eigenvalue weighted by atomic mass is 32.1. The van der Waals surface area contributed by atoms with Gasteiger partial charge in [0, 0.05) is 30.9 Å². The Kier molecular flexibility index (Phi) is 8.60. The molecule has 184 valence electrons. The third-order valence-corrected chi connectivity index (χ3v) is 6.35. The first-order valence-corrected chi connectivity index (χ1v) is 12.4. The molecule has 3 heterocycles. The smallest absolute Gasteiger partial charge is 0.321 e. The molecule has 3 aromatic rings. The first-order chi connectivity index (χ1) is 17.1. The number of urea groups is 1. The number of morpholine rings is 1. The minimum Gasteiger partial charge on any atom is -0.397 e. The number of nitrogens with zero attached hydrogens (tertiary/aromatic N) is 3. The fourth-order valence-corrected chi connectivity index (χ4v) is 4.31. The standard InChI is InChI=1S/C24H29N7O3S/c25-18-4-1-2-5-20(18)28-22(32)21-8-7-17(16-27-21)19(6-3-10-31-11-13-34-14-12-31)29-23(33)30-24-26-9-15-35-24/h1-2,4-5,7-9,15-16,19H,3,6,10-14,25H2,(H,28,32)(H2,26,29,30,33).